The number of hydrogen-bond acceptors (Lipinski definition) is 4. The largest absolute Gasteiger partial charge is 0.479 e. The summed E-state index contributed by atoms with van der Waals surface area (Å²) in [4.78, 5) is 23.5. The van der Waals surface area contributed by atoms with Gasteiger partial charge in [0.1, 0.15) is 0 Å². The normalized spacial score (nSPS) is 39.7. The minimum absolute atomic E-state index is 0.0749. The van der Waals surface area contributed by atoms with Gasteiger partial charge in [-0.2, -0.15) is 0 Å². The molecule has 0 aromatic carbocycles. The lowest BCUT2D eigenvalue weighted by Crippen LogP contribution is -2.55. The smallest absolute Gasteiger partial charge is 0.331 e. The number of ether oxygens (including phenoxy) is 1. The van der Waals surface area contributed by atoms with Gasteiger partial charge in [0.25, 0.3) is 0 Å². The highest BCUT2D eigenvalue weighted by Gasteiger charge is 2.44. The molecule has 3 heterocycles. The second-order valence-corrected chi connectivity index (χ2v) is 6.42. The van der Waals surface area contributed by atoms with Gasteiger partial charge in [-0.15, -0.1) is 0 Å². The SMILES string of the molecule is O=C(CC1CC2CCC(C1)N2)NC1(C(=O)O)CCOC1. The minimum atomic E-state index is -1.21. The average molecular weight is 282 g/mol. The number of hydrogen-bond donors (Lipinski definition) is 3. The third-order valence-electron chi connectivity index (χ3n) is 4.85. The maximum atomic E-state index is 12.2. The molecule has 112 valence electrons. The van der Waals surface area contributed by atoms with Gasteiger partial charge in [-0.1, -0.05) is 0 Å². The summed E-state index contributed by atoms with van der Waals surface area (Å²) in [5.74, 6) is -0.764. The van der Waals surface area contributed by atoms with Crippen molar-refractivity contribution in [2.75, 3.05) is 13.2 Å². The number of carboxylic acids is 1. The molecule has 3 aliphatic rings. The molecule has 3 aliphatic heterocycles. The molecule has 0 spiro atoms. The zero-order valence-corrected chi connectivity index (χ0v) is 11.6. The van der Waals surface area contributed by atoms with Crippen molar-refractivity contribution in [3.63, 3.8) is 0 Å². The number of carbonyl (C=O) groups is 2. The van der Waals surface area contributed by atoms with Crippen LogP contribution in [0.15, 0.2) is 0 Å². The number of carbonyl (C=O) groups excluding carboxylic acids is 1. The fraction of sp³-hybridized carbons (Fsp3) is 0.857. The van der Waals surface area contributed by atoms with Gasteiger partial charge >= 0.3 is 5.97 Å². The first-order valence-corrected chi connectivity index (χ1v) is 7.45. The van der Waals surface area contributed by atoms with E-state index >= 15 is 0 Å². The van der Waals surface area contributed by atoms with Crippen LogP contribution in [-0.4, -0.2) is 47.8 Å². The number of nitrogens with one attached hydrogen (secondary N) is 2. The first-order valence-electron chi connectivity index (χ1n) is 7.45. The van der Waals surface area contributed by atoms with Crippen molar-refractivity contribution in [3.05, 3.63) is 0 Å². The Hall–Kier alpha value is -1.14. The molecule has 2 bridgehead atoms. The molecule has 0 aliphatic carbocycles. The van der Waals surface area contributed by atoms with Gasteiger partial charge in [-0.05, 0) is 31.6 Å². The Labute approximate surface area is 118 Å². The van der Waals surface area contributed by atoms with Crippen molar-refractivity contribution in [1.82, 2.24) is 10.6 Å². The van der Waals surface area contributed by atoms with Gasteiger partial charge in [0.2, 0.25) is 5.91 Å². The van der Waals surface area contributed by atoms with Crippen LogP contribution in [0.1, 0.15) is 38.5 Å². The molecule has 0 saturated carbocycles. The van der Waals surface area contributed by atoms with Crippen molar-refractivity contribution in [2.45, 2.75) is 56.1 Å². The predicted octanol–water partition coefficient (Wildman–Crippen LogP) is 0.267. The molecule has 3 unspecified atom stereocenters. The maximum Gasteiger partial charge on any atom is 0.331 e. The van der Waals surface area contributed by atoms with Gasteiger partial charge in [-0.3, -0.25) is 4.79 Å². The van der Waals surface area contributed by atoms with Crippen molar-refractivity contribution < 1.29 is 19.4 Å². The molecule has 3 rings (SSSR count). The van der Waals surface area contributed by atoms with Gasteiger partial charge in [0.15, 0.2) is 5.54 Å². The van der Waals surface area contributed by atoms with Crippen LogP contribution in [0, 0.1) is 5.92 Å². The van der Waals surface area contributed by atoms with E-state index in [1.165, 1.54) is 12.8 Å². The van der Waals surface area contributed by atoms with Crippen LogP contribution in [0.25, 0.3) is 0 Å². The van der Waals surface area contributed by atoms with Crippen LogP contribution in [-0.2, 0) is 14.3 Å². The van der Waals surface area contributed by atoms with E-state index < -0.39 is 11.5 Å². The fourth-order valence-electron chi connectivity index (χ4n) is 3.81. The van der Waals surface area contributed by atoms with Crippen LogP contribution in [0.3, 0.4) is 0 Å². The van der Waals surface area contributed by atoms with Crippen LogP contribution in [0.5, 0.6) is 0 Å². The Morgan fingerprint density at radius 2 is 2.00 bits per heavy atom. The molecular weight excluding hydrogens is 260 g/mol. The molecule has 3 atom stereocenters. The predicted molar refractivity (Wildman–Crippen MR) is 71.2 cm³/mol. The minimum Gasteiger partial charge on any atom is -0.479 e. The second kappa shape index (κ2) is 5.33. The van der Waals surface area contributed by atoms with E-state index in [4.69, 9.17) is 4.74 Å². The molecule has 0 aromatic rings. The number of fused-ring (bicyclic) bond motifs is 2. The first-order chi connectivity index (χ1) is 9.57. The molecule has 6 nitrogen and oxygen atoms in total. The zero-order chi connectivity index (χ0) is 14.2. The number of aliphatic carboxylic acids is 1. The first kappa shape index (κ1) is 13.8. The van der Waals surface area contributed by atoms with E-state index in [9.17, 15) is 14.7 Å². The lowest BCUT2D eigenvalue weighted by molar-refractivity contribution is -0.147. The van der Waals surface area contributed by atoms with Crippen molar-refractivity contribution in [3.8, 4) is 0 Å². The van der Waals surface area contributed by atoms with Crippen LogP contribution >= 0.6 is 0 Å². The van der Waals surface area contributed by atoms with Gasteiger partial charge in [0, 0.05) is 31.5 Å². The van der Waals surface area contributed by atoms with Crippen LogP contribution in [0.4, 0.5) is 0 Å². The van der Waals surface area contributed by atoms with E-state index in [1.54, 1.807) is 0 Å². The lowest BCUT2D eigenvalue weighted by Gasteiger charge is -2.30. The highest BCUT2D eigenvalue weighted by Crippen LogP contribution is 2.32. The summed E-state index contributed by atoms with van der Waals surface area (Å²) >= 11 is 0. The number of carboxylic acid groups (broad SMARTS) is 1. The summed E-state index contributed by atoms with van der Waals surface area (Å²) in [6.45, 7) is 0.468. The highest BCUT2D eigenvalue weighted by atomic mass is 16.5. The van der Waals surface area contributed by atoms with Crippen molar-refractivity contribution in [1.29, 1.82) is 0 Å². The molecule has 1 amide bonds. The van der Waals surface area contributed by atoms with Crippen molar-refractivity contribution in [2.24, 2.45) is 5.92 Å². The molecule has 3 fully saturated rings. The Morgan fingerprint density at radius 1 is 1.30 bits per heavy atom. The molecule has 0 radical (unpaired) electrons. The molecule has 3 saturated heterocycles. The van der Waals surface area contributed by atoms with E-state index in [0.29, 0.717) is 37.5 Å². The molecular formula is C14H22N2O4. The van der Waals surface area contributed by atoms with Gasteiger partial charge in [-0.25, -0.2) is 4.79 Å². The standard InChI is InChI=1S/C14H22N2O4/c17-12(16-14(13(18)19)3-4-20-8-14)7-9-5-10-1-2-11(6-9)15-10/h9-11,15H,1-8H2,(H,16,17)(H,18,19). The van der Waals surface area contributed by atoms with Gasteiger partial charge < -0.3 is 20.5 Å². The Bertz CT molecular complexity index is 394. The van der Waals surface area contributed by atoms with E-state index in [2.05, 4.69) is 10.6 Å². The fourth-order valence-corrected chi connectivity index (χ4v) is 3.81. The summed E-state index contributed by atoms with van der Waals surface area (Å²) < 4.78 is 5.15. The van der Waals surface area contributed by atoms with Gasteiger partial charge in [0.05, 0.1) is 6.61 Å². The monoisotopic (exact) mass is 282 g/mol. The summed E-state index contributed by atoms with van der Waals surface area (Å²) in [6, 6.07) is 1.10. The molecule has 6 heteroatoms. The quantitative estimate of drug-likeness (QED) is 0.689. The van der Waals surface area contributed by atoms with E-state index in [1.807, 2.05) is 0 Å². The summed E-state index contributed by atoms with van der Waals surface area (Å²) in [5.41, 5.74) is -1.21. The third kappa shape index (κ3) is 2.67. The summed E-state index contributed by atoms with van der Waals surface area (Å²) in [5, 5.41) is 15.6. The molecule has 20 heavy (non-hydrogen) atoms. The number of amides is 1. The topological polar surface area (TPSA) is 87.7 Å². The summed E-state index contributed by atoms with van der Waals surface area (Å²) in [7, 11) is 0. The summed E-state index contributed by atoms with van der Waals surface area (Å²) in [6.07, 6.45) is 5.25. The van der Waals surface area contributed by atoms with Crippen LogP contribution < -0.4 is 10.6 Å². The zero-order valence-electron chi connectivity index (χ0n) is 11.6. The van der Waals surface area contributed by atoms with E-state index in [0.717, 1.165) is 12.8 Å². The van der Waals surface area contributed by atoms with Crippen molar-refractivity contribution >= 4 is 11.9 Å². The number of piperidine rings is 1. The third-order valence-corrected chi connectivity index (χ3v) is 4.85. The highest BCUT2D eigenvalue weighted by molar-refractivity contribution is 5.87. The van der Waals surface area contributed by atoms with Crippen LogP contribution in [0.2, 0.25) is 0 Å². The molecule has 0 aromatic heterocycles. The number of rotatable bonds is 4. The Morgan fingerprint density at radius 3 is 2.55 bits per heavy atom. The lowest BCUT2D eigenvalue weighted by atomic mass is 9.89. The average Bonchev–Trinajstić information content (AvgIpc) is 2.97. The Kier molecular flexibility index (Phi) is 3.69. The molecule has 3 N–H and O–H groups in total. The second-order valence-electron chi connectivity index (χ2n) is 6.42. The Balaban J connectivity index is 1.55. The van der Waals surface area contributed by atoms with E-state index in [-0.39, 0.29) is 12.5 Å². The maximum absolute atomic E-state index is 12.2.